The van der Waals surface area contributed by atoms with Gasteiger partial charge in [-0.1, -0.05) is 48.6 Å². The first-order valence-electron chi connectivity index (χ1n) is 8.90. The van der Waals surface area contributed by atoms with Crippen LogP contribution in [0, 0.1) is 0 Å². The zero-order valence-corrected chi connectivity index (χ0v) is 15.9. The number of hydrogen-bond donors (Lipinski definition) is 2. The Bertz CT molecular complexity index is 1170. The van der Waals surface area contributed by atoms with Crippen LogP contribution in [0.15, 0.2) is 65.8 Å². The lowest BCUT2D eigenvalue weighted by Crippen LogP contribution is -2.34. The minimum atomic E-state index is -5.19. The standard InChI is InChI=1S/C22H16F3N3O3/c23-22(24,25)21(30)31-28-20(29)17-7-3-14(4-8-17)1-2-15-5-9-19-12-16(13-27-26)6-10-18(19)11-15/h1-13H,26H2,(H,28,29)/b2-1+,27-13+. The molecule has 0 heterocycles. The Hall–Kier alpha value is -4.14. The molecule has 3 N–H and O–H groups in total. The Morgan fingerprint density at radius 1 is 0.871 bits per heavy atom. The molecule has 1 amide bonds. The number of benzene rings is 3. The Morgan fingerprint density at radius 2 is 1.42 bits per heavy atom. The summed E-state index contributed by atoms with van der Waals surface area (Å²) in [5, 5.41) is 5.59. The van der Waals surface area contributed by atoms with Gasteiger partial charge in [0.1, 0.15) is 0 Å². The van der Waals surface area contributed by atoms with E-state index in [0.29, 0.717) is 0 Å². The molecule has 158 valence electrons. The van der Waals surface area contributed by atoms with E-state index in [1.807, 2.05) is 48.6 Å². The quantitative estimate of drug-likeness (QED) is 0.284. The van der Waals surface area contributed by atoms with Gasteiger partial charge in [0.2, 0.25) is 0 Å². The maximum absolute atomic E-state index is 12.1. The number of nitrogens with zero attached hydrogens (tertiary/aromatic N) is 1. The van der Waals surface area contributed by atoms with E-state index >= 15 is 0 Å². The summed E-state index contributed by atoms with van der Waals surface area (Å²) in [5.41, 5.74) is 4.12. The lowest BCUT2D eigenvalue weighted by molar-refractivity contribution is -0.204. The van der Waals surface area contributed by atoms with Crippen molar-refractivity contribution < 1.29 is 27.6 Å². The fourth-order valence-corrected chi connectivity index (χ4v) is 2.70. The fourth-order valence-electron chi connectivity index (χ4n) is 2.70. The second-order valence-electron chi connectivity index (χ2n) is 6.42. The van der Waals surface area contributed by atoms with Gasteiger partial charge >= 0.3 is 12.1 Å². The molecule has 6 nitrogen and oxygen atoms in total. The highest BCUT2D eigenvalue weighted by Crippen LogP contribution is 2.19. The zero-order chi connectivity index (χ0) is 22.4. The number of carbonyl (C=O) groups excluding carboxylic acids is 2. The van der Waals surface area contributed by atoms with E-state index < -0.39 is 18.1 Å². The van der Waals surface area contributed by atoms with Gasteiger partial charge in [-0.25, -0.2) is 4.79 Å². The van der Waals surface area contributed by atoms with E-state index in [0.717, 1.165) is 27.5 Å². The van der Waals surface area contributed by atoms with Gasteiger partial charge in [-0.05, 0) is 51.7 Å². The van der Waals surface area contributed by atoms with Crippen molar-refractivity contribution in [3.63, 3.8) is 0 Å². The van der Waals surface area contributed by atoms with E-state index in [1.165, 1.54) is 17.6 Å². The van der Waals surface area contributed by atoms with Crippen LogP contribution in [0.2, 0.25) is 0 Å². The van der Waals surface area contributed by atoms with Crippen molar-refractivity contribution >= 4 is 41.0 Å². The SMILES string of the molecule is N/N=C/c1ccc2cc(/C=C/c3ccc(C(=O)NOC(=O)C(F)(F)F)cc3)ccc2c1. The van der Waals surface area contributed by atoms with Crippen LogP contribution in [0.3, 0.4) is 0 Å². The van der Waals surface area contributed by atoms with Crippen molar-refractivity contribution in [2.24, 2.45) is 10.9 Å². The highest BCUT2D eigenvalue weighted by molar-refractivity contribution is 5.95. The van der Waals surface area contributed by atoms with E-state index in [4.69, 9.17) is 5.84 Å². The summed E-state index contributed by atoms with van der Waals surface area (Å²) in [6, 6.07) is 17.8. The van der Waals surface area contributed by atoms with E-state index in [-0.39, 0.29) is 5.56 Å². The predicted molar refractivity (Wildman–Crippen MR) is 111 cm³/mol. The number of amides is 1. The molecular formula is C22H16F3N3O3. The predicted octanol–water partition coefficient (Wildman–Crippen LogP) is 4.05. The average molecular weight is 427 g/mol. The third kappa shape index (κ3) is 5.69. The smallest absolute Gasteiger partial charge is 0.332 e. The third-order valence-corrected chi connectivity index (χ3v) is 4.22. The highest BCUT2D eigenvalue weighted by atomic mass is 19.4. The molecule has 0 aliphatic carbocycles. The number of fused-ring (bicyclic) bond motifs is 1. The largest absolute Gasteiger partial charge is 0.493 e. The maximum atomic E-state index is 12.1. The van der Waals surface area contributed by atoms with Crippen LogP contribution in [0.1, 0.15) is 27.0 Å². The number of hydrazone groups is 1. The van der Waals surface area contributed by atoms with Crippen LogP contribution in [0.5, 0.6) is 0 Å². The van der Waals surface area contributed by atoms with Gasteiger partial charge in [-0.3, -0.25) is 4.79 Å². The molecule has 0 bridgehead atoms. The first-order chi connectivity index (χ1) is 14.8. The minimum absolute atomic E-state index is 0.0367. The van der Waals surface area contributed by atoms with Crippen LogP contribution in [-0.4, -0.2) is 24.3 Å². The highest BCUT2D eigenvalue weighted by Gasteiger charge is 2.42. The van der Waals surface area contributed by atoms with E-state index in [9.17, 15) is 22.8 Å². The molecule has 0 fully saturated rings. The van der Waals surface area contributed by atoms with Crippen LogP contribution >= 0.6 is 0 Å². The number of nitrogens with two attached hydrogens (primary N) is 1. The van der Waals surface area contributed by atoms with Crippen molar-refractivity contribution in [2.75, 3.05) is 0 Å². The lowest BCUT2D eigenvalue weighted by atomic mass is 10.0. The lowest BCUT2D eigenvalue weighted by Gasteiger charge is -2.07. The normalized spacial score (nSPS) is 11.8. The molecule has 0 saturated carbocycles. The fraction of sp³-hybridized carbons (Fsp3) is 0.0455. The van der Waals surface area contributed by atoms with Crippen molar-refractivity contribution in [1.29, 1.82) is 0 Å². The summed E-state index contributed by atoms with van der Waals surface area (Å²) in [5.74, 6) is 1.70. The summed E-state index contributed by atoms with van der Waals surface area (Å²) in [7, 11) is 0. The monoisotopic (exact) mass is 427 g/mol. The number of carbonyl (C=O) groups is 2. The molecule has 0 saturated heterocycles. The van der Waals surface area contributed by atoms with Gasteiger partial charge in [0.25, 0.3) is 5.91 Å². The van der Waals surface area contributed by atoms with Crippen molar-refractivity contribution in [3.8, 4) is 0 Å². The minimum Gasteiger partial charge on any atom is -0.332 e. The number of alkyl halides is 3. The summed E-state index contributed by atoms with van der Waals surface area (Å²) in [6.45, 7) is 0. The van der Waals surface area contributed by atoms with Crippen LogP contribution in [0.25, 0.3) is 22.9 Å². The van der Waals surface area contributed by atoms with Gasteiger partial charge in [0.15, 0.2) is 0 Å². The Labute approximate surface area is 174 Å². The second kappa shape index (κ2) is 9.12. The average Bonchev–Trinajstić information content (AvgIpc) is 2.75. The van der Waals surface area contributed by atoms with Gasteiger partial charge < -0.3 is 10.7 Å². The Kier molecular flexibility index (Phi) is 6.35. The molecule has 0 unspecified atom stereocenters. The Morgan fingerprint density at radius 3 is 2.03 bits per heavy atom. The van der Waals surface area contributed by atoms with E-state index in [1.54, 1.807) is 18.3 Å². The van der Waals surface area contributed by atoms with Gasteiger partial charge in [0, 0.05) is 5.56 Å². The molecule has 0 radical (unpaired) electrons. The zero-order valence-electron chi connectivity index (χ0n) is 15.9. The Balaban J connectivity index is 1.65. The number of halogens is 3. The molecule has 0 atom stereocenters. The molecule has 31 heavy (non-hydrogen) atoms. The molecule has 0 spiro atoms. The third-order valence-electron chi connectivity index (χ3n) is 4.22. The summed E-state index contributed by atoms with van der Waals surface area (Å²) in [6.07, 6.45) is 0.0834. The van der Waals surface area contributed by atoms with Gasteiger partial charge in [-0.15, -0.1) is 0 Å². The first-order valence-corrected chi connectivity index (χ1v) is 8.90. The molecule has 9 heteroatoms. The van der Waals surface area contributed by atoms with Gasteiger partial charge in [-0.2, -0.15) is 23.8 Å². The summed E-state index contributed by atoms with van der Waals surface area (Å²) < 4.78 is 36.2. The topological polar surface area (TPSA) is 93.8 Å². The number of hydroxylamine groups is 1. The molecular weight excluding hydrogens is 411 g/mol. The van der Waals surface area contributed by atoms with Crippen LogP contribution < -0.4 is 11.3 Å². The molecule has 3 aromatic rings. The van der Waals surface area contributed by atoms with E-state index in [2.05, 4.69) is 9.94 Å². The molecule has 3 aromatic carbocycles. The first kappa shape index (κ1) is 21.6. The summed E-state index contributed by atoms with van der Waals surface area (Å²) >= 11 is 0. The van der Waals surface area contributed by atoms with Crippen molar-refractivity contribution in [1.82, 2.24) is 5.48 Å². The van der Waals surface area contributed by atoms with Gasteiger partial charge in [0.05, 0.1) is 6.21 Å². The molecule has 3 rings (SSSR count). The van der Waals surface area contributed by atoms with Crippen molar-refractivity contribution in [2.45, 2.75) is 6.18 Å². The maximum Gasteiger partial charge on any atom is 0.493 e. The number of hydrogen-bond acceptors (Lipinski definition) is 5. The van der Waals surface area contributed by atoms with Crippen molar-refractivity contribution in [3.05, 3.63) is 82.9 Å². The number of rotatable bonds is 4. The second-order valence-corrected chi connectivity index (χ2v) is 6.42. The van der Waals surface area contributed by atoms with Crippen LogP contribution in [-0.2, 0) is 9.63 Å². The molecule has 0 aliphatic heterocycles. The molecule has 0 aliphatic rings. The summed E-state index contributed by atoms with van der Waals surface area (Å²) in [4.78, 5) is 26.1. The number of nitrogens with one attached hydrogen (secondary N) is 1. The molecule has 0 aromatic heterocycles. The van der Waals surface area contributed by atoms with Crippen LogP contribution in [0.4, 0.5) is 13.2 Å².